The average molecular weight is 141 g/mol. The second kappa shape index (κ2) is 1.87. The van der Waals surface area contributed by atoms with Crippen LogP contribution in [0.15, 0.2) is 0 Å². The normalized spacial score (nSPS) is 35.5. The number of nitrogens with zero attached hydrogens (tertiary/aromatic N) is 1. The average Bonchev–Trinajstić information content (AvgIpc) is 1.93. The molecule has 3 nitrogen and oxygen atoms in total. The standard InChI is InChI=1S/C7H11NO2/c1-10-7(9)8-4-5-2-3-6(5)8/h5-6H,2-4H2,1H3/t5-,6-/m1/s1. The summed E-state index contributed by atoms with van der Waals surface area (Å²) in [5, 5.41) is 0. The minimum absolute atomic E-state index is 0.152. The van der Waals surface area contributed by atoms with Crippen LogP contribution in [0.25, 0.3) is 0 Å². The minimum Gasteiger partial charge on any atom is -0.453 e. The summed E-state index contributed by atoms with van der Waals surface area (Å²) < 4.78 is 4.59. The second-order valence-corrected chi connectivity index (χ2v) is 3.03. The van der Waals surface area contributed by atoms with Crippen molar-refractivity contribution in [2.24, 2.45) is 5.92 Å². The molecule has 1 amide bonds. The molecule has 2 rings (SSSR count). The van der Waals surface area contributed by atoms with Gasteiger partial charge in [0.1, 0.15) is 0 Å². The smallest absolute Gasteiger partial charge is 0.409 e. The third-order valence-electron chi connectivity index (χ3n) is 2.62. The fourth-order valence-corrected chi connectivity index (χ4v) is 1.75. The maximum absolute atomic E-state index is 10.9. The number of methoxy groups -OCH3 is 1. The maximum atomic E-state index is 10.9. The highest BCUT2D eigenvalue weighted by Crippen LogP contribution is 2.41. The first-order chi connectivity index (χ1) is 4.83. The van der Waals surface area contributed by atoms with Gasteiger partial charge in [-0.2, -0.15) is 0 Å². The van der Waals surface area contributed by atoms with Crippen LogP contribution in [-0.2, 0) is 4.74 Å². The first-order valence-corrected chi connectivity index (χ1v) is 3.67. The van der Waals surface area contributed by atoms with Crippen molar-refractivity contribution in [3.63, 3.8) is 0 Å². The van der Waals surface area contributed by atoms with Crippen LogP contribution in [-0.4, -0.2) is 30.7 Å². The number of likely N-dealkylation sites (tertiary alicyclic amines) is 1. The molecule has 0 aromatic rings. The van der Waals surface area contributed by atoms with Crippen LogP contribution in [0.5, 0.6) is 0 Å². The van der Waals surface area contributed by atoms with Gasteiger partial charge in [-0.25, -0.2) is 4.79 Å². The fourth-order valence-electron chi connectivity index (χ4n) is 1.75. The lowest BCUT2D eigenvalue weighted by Gasteiger charge is -2.54. The van der Waals surface area contributed by atoms with E-state index in [2.05, 4.69) is 4.74 Å². The number of hydrogen-bond acceptors (Lipinski definition) is 2. The Balaban J connectivity index is 1.91. The van der Waals surface area contributed by atoms with Crippen molar-refractivity contribution in [2.75, 3.05) is 13.7 Å². The molecule has 10 heavy (non-hydrogen) atoms. The van der Waals surface area contributed by atoms with Crippen molar-refractivity contribution in [1.29, 1.82) is 0 Å². The van der Waals surface area contributed by atoms with Crippen LogP contribution in [0.4, 0.5) is 4.79 Å². The Kier molecular flexibility index (Phi) is 1.13. The molecule has 0 spiro atoms. The molecule has 3 heteroatoms. The molecule has 2 fully saturated rings. The number of ether oxygens (including phenoxy) is 1. The highest BCUT2D eigenvalue weighted by Gasteiger charge is 2.48. The Morgan fingerprint density at radius 1 is 1.60 bits per heavy atom. The van der Waals surface area contributed by atoms with Gasteiger partial charge in [-0.05, 0) is 18.8 Å². The monoisotopic (exact) mass is 141 g/mol. The molecule has 0 bridgehead atoms. The molecule has 56 valence electrons. The zero-order valence-electron chi connectivity index (χ0n) is 6.04. The molecule has 0 unspecified atom stereocenters. The van der Waals surface area contributed by atoms with Crippen LogP contribution in [0, 0.1) is 5.92 Å². The predicted octanol–water partition coefficient (Wildman–Crippen LogP) is 0.847. The fraction of sp³-hybridized carbons (Fsp3) is 0.857. The van der Waals surface area contributed by atoms with Crippen LogP contribution in [0.1, 0.15) is 12.8 Å². The third-order valence-corrected chi connectivity index (χ3v) is 2.62. The first-order valence-electron chi connectivity index (χ1n) is 3.67. The number of amides is 1. The lowest BCUT2D eigenvalue weighted by atomic mass is 9.71. The van der Waals surface area contributed by atoms with Crippen molar-refractivity contribution in [1.82, 2.24) is 4.90 Å². The van der Waals surface area contributed by atoms with Gasteiger partial charge in [-0.3, -0.25) is 0 Å². The van der Waals surface area contributed by atoms with E-state index in [-0.39, 0.29) is 6.09 Å². The van der Waals surface area contributed by atoms with Gasteiger partial charge in [0.2, 0.25) is 0 Å². The van der Waals surface area contributed by atoms with Crippen LogP contribution < -0.4 is 0 Å². The molecule has 2 atom stereocenters. The summed E-state index contributed by atoms with van der Waals surface area (Å²) in [7, 11) is 1.44. The molecular weight excluding hydrogens is 130 g/mol. The van der Waals surface area contributed by atoms with Gasteiger partial charge in [-0.15, -0.1) is 0 Å². The van der Waals surface area contributed by atoms with Crippen molar-refractivity contribution in [3.05, 3.63) is 0 Å². The van der Waals surface area contributed by atoms with Crippen molar-refractivity contribution in [3.8, 4) is 0 Å². The molecule has 1 aliphatic heterocycles. The molecular formula is C7H11NO2. The quantitative estimate of drug-likeness (QED) is 0.500. The van der Waals surface area contributed by atoms with Gasteiger partial charge in [0.25, 0.3) is 0 Å². The van der Waals surface area contributed by atoms with Gasteiger partial charge in [0, 0.05) is 12.6 Å². The molecule has 1 heterocycles. The minimum atomic E-state index is -0.152. The molecule has 1 saturated heterocycles. The SMILES string of the molecule is COC(=O)N1C[C@H]2CC[C@H]21. The van der Waals surface area contributed by atoms with E-state index in [0.717, 1.165) is 12.5 Å². The second-order valence-electron chi connectivity index (χ2n) is 3.03. The molecule has 0 aromatic heterocycles. The summed E-state index contributed by atoms with van der Waals surface area (Å²) in [5.41, 5.74) is 0. The summed E-state index contributed by atoms with van der Waals surface area (Å²) in [6.07, 6.45) is 2.33. The number of piperidine rings is 1. The van der Waals surface area contributed by atoms with Crippen LogP contribution in [0.3, 0.4) is 0 Å². The molecule has 1 aliphatic carbocycles. The lowest BCUT2D eigenvalue weighted by molar-refractivity contribution is -0.0451. The molecule has 2 aliphatic rings. The van der Waals surface area contributed by atoms with Crippen LogP contribution >= 0.6 is 0 Å². The zero-order valence-corrected chi connectivity index (χ0v) is 6.04. The largest absolute Gasteiger partial charge is 0.453 e. The van der Waals surface area contributed by atoms with E-state index in [9.17, 15) is 4.79 Å². The lowest BCUT2D eigenvalue weighted by Crippen LogP contribution is -2.63. The van der Waals surface area contributed by atoms with E-state index < -0.39 is 0 Å². The molecule has 1 saturated carbocycles. The van der Waals surface area contributed by atoms with Crippen molar-refractivity contribution >= 4 is 6.09 Å². The third kappa shape index (κ3) is 0.576. The zero-order chi connectivity index (χ0) is 7.14. The van der Waals surface area contributed by atoms with E-state index in [1.165, 1.54) is 20.0 Å². The summed E-state index contributed by atoms with van der Waals surface area (Å²) >= 11 is 0. The summed E-state index contributed by atoms with van der Waals surface area (Å²) in [5.74, 6) is 0.805. The summed E-state index contributed by atoms with van der Waals surface area (Å²) in [6, 6.07) is 0.535. The Labute approximate surface area is 60.0 Å². The van der Waals surface area contributed by atoms with Crippen LogP contribution in [0.2, 0.25) is 0 Å². The van der Waals surface area contributed by atoms with Crippen molar-refractivity contribution < 1.29 is 9.53 Å². The van der Waals surface area contributed by atoms with Gasteiger partial charge in [0.15, 0.2) is 0 Å². The predicted molar refractivity (Wildman–Crippen MR) is 35.6 cm³/mol. The number of hydrogen-bond donors (Lipinski definition) is 0. The van der Waals surface area contributed by atoms with Crippen molar-refractivity contribution in [2.45, 2.75) is 18.9 Å². The van der Waals surface area contributed by atoms with E-state index >= 15 is 0 Å². The first kappa shape index (κ1) is 6.01. The highest BCUT2D eigenvalue weighted by molar-refractivity contribution is 5.69. The highest BCUT2D eigenvalue weighted by atomic mass is 16.5. The van der Waals surface area contributed by atoms with Gasteiger partial charge >= 0.3 is 6.09 Å². The number of carbonyl (C=O) groups is 1. The molecule has 0 N–H and O–H groups in total. The van der Waals surface area contributed by atoms with E-state index in [1.807, 2.05) is 4.90 Å². The topological polar surface area (TPSA) is 29.5 Å². The van der Waals surface area contributed by atoms with Gasteiger partial charge in [-0.1, -0.05) is 0 Å². The van der Waals surface area contributed by atoms with E-state index in [4.69, 9.17) is 0 Å². The Hall–Kier alpha value is -0.730. The number of rotatable bonds is 0. The number of fused-ring (bicyclic) bond motifs is 1. The Morgan fingerprint density at radius 3 is 2.70 bits per heavy atom. The van der Waals surface area contributed by atoms with E-state index in [1.54, 1.807) is 0 Å². The van der Waals surface area contributed by atoms with Gasteiger partial charge in [0.05, 0.1) is 7.11 Å². The summed E-state index contributed by atoms with van der Waals surface area (Å²) in [6.45, 7) is 0.928. The maximum Gasteiger partial charge on any atom is 0.409 e. The van der Waals surface area contributed by atoms with Gasteiger partial charge < -0.3 is 9.64 Å². The van der Waals surface area contributed by atoms with E-state index in [0.29, 0.717) is 6.04 Å². The molecule has 0 aromatic carbocycles. The summed E-state index contributed by atoms with van der Waals surface area (Å²) in [4.78, 5) is 12.7. The Bertz CT molecular complexity index is 169. The number of carbonyl (C=O) groups excluding carboxylic acids is 1. The Morgan fingerprint density at radius 2 is 2.40 bits per heavy atom. The molecule has 0 radical (unpaired) electrons.